The fraction of sp³-hybridized carbons (Fsp3) is 0.200. The summed E-state index contributed by atoms with van der Waals surface area (Å²) >= 11 is 0. The molecule has 0 bridgehead atoms. The Kier molecular flexibility index (Phi) is 6.60. The first-order valence-electron chi connectivity index (χ1n) is 9.72. The van der Waals surface area contributed by atoms with Crippen LogP contribution < -0.4 is 14.2 Å². The molecule has 0 amide bonds. The van der Waals surface area contributed by atoms with Crippen LogP contribution >= 0.6 is 0 Å². The van der Waals surface area contributed by atoms with Gasteiger partial charge in [0.25, 0.3) is 0 Å². The zero-order valence-electron chi connectivity index (χ0n) is 18.0. The SMILES string of the molecule is COc1cc(-c2ccc(OCC=C(C)C)c(O)c2)c(OC)c(O)c1-c1ccc(O)cc1. The number of methoxy groups -OCH3 is 2. The van der Waals surface area contributed by atoms with E-state index in [1.165, 1.54) is 26.4 Å². The second kappa shape index (κ2) is 9.34. The molecular weight excluding hydrogens is 396 g/mol. The summed E-state index contributed by atoms with van der Waals surface area (Å²) in [4.78, 5) is 0. The predicted molar refractivity (Wildman–Crippen MR) is 120 cm³/mol. The lowest BCUT2D eigenvalue weighted by Crippen LogP contribution is -1.97. The average molecular weight is 422 g/mol. The fourth-order valence-corrected chi connectivity index (χ4v) is 3.22. The number of allylic oxidation sites excluding steroid dienone is 1. The van der Waals surface area contributed by atoms with Gasteiger partial charge in [-0.3, -0.25) is 0 Å². The number of hydrogen-bond donors (Lipinski definition) is 3. The van der Waals surface area contributed by atoms with Crippen LogP contribution in [0.2, 0.25) is 0 Å². The van der Waals surface area contributed by atoms with Crippen LogP contribution in [0.4, 0.5) is 0 Å². The minimum absolute atomic E-state index is 0.0252. The highest BCUT2D eigenvalue weighted by Gasteiger charge is 2.22. The minimum atomic E-state index is -0.106. The number of phenolic OH excluding ortho intramolecular Hbond substituents is 3. The van der Waals surface area contributed by atoms with Crippen LogP contribution in [0.15, 0.2) is 60.2 Å². The Balaban J connectivity index is 2.07. The molecule has 3 aromatic carbocycles. The number of hydrogen-bond acceptors (Lipinski definition) is 6. The molecule has 0 atom stereocenters. The van der Waals surface area contributed by atoms with E-state index < -0.39 is 0 Å². The summed E-state index contributed by atoms with van der Waals surface area (Å²) in [5, 5.41) is 31.0. The summed E-state index contributed by atoms with van der Waals surface area (Å²) in [7, 11) is 2.97. The van der Waals surface area contributed by atoms with E-state index in [4.69, 9.17) is 14.2 Å². The molecule has 6 heteroatoms. The van der Waals surface area contributed by atoms with E-state index in [1.54, 1.807) is 36.4 Å². The normalized spacial score (nSPS) is 10.5. The van der Waals surface area contributed by atoms with Gasteiger partial charge < -0.3 is 29.5 Å². The molecule has 0 unspecified atom stereocenters. The summed E-state index contributed by atoms with van der Waals surface area (Å²) < 4.78 is 16.6. The van der Waals surface area contributed by atoms with Crippen LogP contribution in [-0.4, -0.2) is 36.1 Å². The van der Waals surface area contributed by atoms with Crippen molar-refractivity contribution in [1.29, 1.82) is 0 Å². The van der Waals surface area contributed by atoms with Crippen molar-refractivity contribution in [2.45, 2.75) is 13.8 Å². The first kappa shape index (κ1) is 21.9. The molecule has 0 saturated carbocycles. The molecule has 3 N–H and O–H groups in total. The maximum absolute atomic E-state index is 11.0. The monoisotopic (exact) mass is 422 g/mol. The Morgan fingerprint density at radius 2 is 1.52 bits per heavy atom. The smallest absolute Gasteiger partial charge is 0.170 e. The Bertz CT molecular complexity index is 1100. The number of phenols is 3. The second-order valence-electron chi connectivity index (χ2n) is 7.21. The molecule has 0 aromatic heterocycles. The minimum Gasteiger partial charge on any atom is -0.508 e. The van der Waals surface area contributed by atoms with E-state index in [2.05, 4.69) is 0 Å². The zero-order chi connectivity index (χ0) is 22.5. The first-order chi connectivity index (χ1) is 14.8. The maximum Gasteiger partial charge on any atom is 0.170 e. The molecule has 0 aliphatic carbocycles. The highest BCUT2D eigenvalue weighted by atomic mass is 16.5. The molecule has 3 rings (SSSR count). The van der Waals surface area contributed by atoms with Crippen molar-refractivity contribution in [3.63, 3.8) is 0 Å². The first-order valence-corrected chi connectivity index (χ1v) is 9.72. The second-order valence-corrected chi connectivity index (χ2v) is 7.21. The van der Waals surface area contributed by atoms with Crippen LogP contribution in [-0.2, 0) is 0 Å². The summed E-state index contributed by atoms with van der Waals surface area (Å²) in [6.45, 7) is 4.30. The molecule has 31 heavy (non-hydrogen) atoms. The lowest BCUT2D eigenvalue weighted by molar-refractivity contribution is 0.335. The fourth-order valence-electron chi connectivity index (χ4n) is 3.22. The van der Waals surface area contributed by atoms with E-state index in [0.29, 0.717) is 40.4 Å². The topological polar surface area (TPSA) is 88.4 Å². The van der Waals surface area contributed by atoms with Crippen molar-refractivity contribution in [2.75, 3.05) is 20.8 Å². The molecule has 0 spiro atoms. The molecule has 0 aliphatic heterocycles. The van der Waals surface area contributed by atoms with Crippen LogP contribution in [0.25, 0.3) is 22.3 Å². The summed E-state index contributed by atoms with van der Waals surface area (Å²) in [5.74, 6) is 1.00. The molecule has 0 aliphatic rings. The quantitative estimate of drug-likeness (QED) is 0.436. The zero-order valence-corrected chi connectivity index (χ0v) is 18.0. The Hall–Kier alpha value is -3.80. The van der Waals surface area contributed by atoms with Crippen LogP contribution in [0.5, 0.6) is 34.5 Å². The van der Waals surface area contributed by atoms with Gasteiger partial charge in [0.1, 0.15) is 18.1 Å². The van der Waals surface area contributed by atoms with Gasteiger partial charge in [-0.1, -0.05) is 23.8 Å². The Labute approximate surface area is 181 Å². The number of ether oxygens (including phenoxy) is 3. The molecule has 3 aromatic rings. The van der Waals surface area contributed by atoms with Crippen molar-refractivity contribution in [2.24, 2.45) is 0 Å². The Morgan fingerprint density at radius 3 is 2.10 bits per heavy atom. The molecule has 162 valence electrons. The predicted octanol–water partition coefficient (Wildman–Crippen LogP) is 5.50. The van der Waals surface area contributed by atoms with Crippen molar-refractivity contribution in [3.05, 3.63) is 60.2 Å². The summed E-state index contributed by atoms with van der Waals surface area (Å²) in [6, 6.07) is 13.1. The van der Waals surface area contributed by atoms with Crippen molar-refractivity contribution < 1.29 is 29.5 Å². The van der Waals surface area contributed by atoms with Gasteiger partial charge in [0.2, 0.25) is 0 Å². The van der Waals surface area contributed by atoms with Crippen LogP contribution in [0, 0.1) is 0 Å². The van der Waals surface area contributed by atoms with Crippen molar-refractivity contribution in [3.8, 4) is 56.8 Å². The molecule has 0 radical (unpaired) electrons. The standard InChI is InChI=1S/C25H26O6/c1-15(2)11-12-31-21-10-7-17(13-20(21)27)19-14-22(29-3)23(24(28)25(19)30-4)16-5-8-18(26)9-6-16/h5-11,13-14,26-28H,12H2,1-4H3. The average Bonchev–Trinajstić information content (AvgIpc) is 2.74. The van der Waals surface area contributed by atoms with Gasteiger partial charge in [0.05, 0.1) is 19.8 Å². The van der Waals surface area contributed by atoms with Gasteiger partial charge in [0.15, 0.2) is 23.0 Å². The lowest BCUT2D eigenvalue weighted by atomic mass is 9.96. The molecular formula is C25H26O6. The number of rotatable bonds is 7. The van der Waals surface area contributed by atoms with Crippen molar-refractivity contribution >= 4 is 0 Å². The van der Waals surface area contributed by atoms with Gasteiger partial charge in [0, 0.05) is 5.56 Å². The van der Waals surface area contributed by atoms with E-state index in [9.17, 15) is 15.3 Å². The van der Waals surface area contributed by atoms with Gasteiger partial charge >= 0.3 is 0 Å². The van der Waals surface area contributed by atoms with E-state index in [-0.39, 0.29) is 23.0 Å². The highest BCUT2D eigenvalue weighted by Crippen LogP contribution is 2.50. The van der Waals surface area contributed by atoms with Crippen LogP contribution in [0.1, 0.15) is 13.8 Å². The summed E-state index contributed by atoms with van der Waals surface area (Å²) in [5.41, 5.74) is 3.38. The van der Waals surface area contributed by atoms with Gasteiger partial charge in [-0.25, -0.2) is 0 Å². The van der Waals surface area contributed by atoms with Gasteiger partial charge in [-0.05, 0) is 61.4 Å². The third-order valence-electron chi connectivity index (χ3n) is 4.80. The number of benzene rings is 3. The van der Waals surface area contributed by atoms with Gasteiger partial charge in [-0.2, -0.15) is 0 Å². The highest BCUT2D eigenvalue weighted by molar-refractivity contribution is 5.88. The van der Waals surface area contributed by atoms with E-state index >= 15 is 0 Å². The van der Waals surface area contributed by atoms with E-state index in [1.807, 2.05) is 19.9 Å². The van der Waals surface area contributed by atoms with Gasteiger partial charge in [-0.15, -0.1) is 0 Å². The summed E-state index contributed by atoms with van der Waals surface area (Å²) in [6.07, 6.45) is 1.92. The van der Waals surface area contributed by atoms with Crippen LogP contribution in [0.3, 0.4) is 0 Å². The third-order valence-corrected chi connectivity index (χ3v) is 4.80. The molecule has 6 nitrogen and oxygen atoms in total. The van der Waals surface area contributed by atoms with E-state index in [0.717, 1.165) is 5.57 Å². The maximum atomic E-state index is 11.0. The lowest BCUT2D eigenvalue weighted by Gasteiger charge is -2.18. The third kappa shape index (κ3) is 4.69. The largest absolute Gasteiger partial charge is 0.508 e. The molecule has 0 fully saturated rings. The Morgan fingerprint density at radius 1 is 0.839 bits per heavy atom. The number of aromatic hydroxyl groups is 3. The molecule has 0 heterocycles. The molecule has 0 saturated heterocycles. The van der Waals surface area contributed by atoms with Crippen molar-refractivity contribution in [1.82, 2.24) is 0 Å².